The first-order valence-corrected chi connectivity index (χ1v) is 8.17. The van der Waals surface area contributed by atoms with Crippen molar-refractivity contribution < 1.29 is 22.7 Å². The van der Waals surface area contributed by atoms with Crippen molar-refractivity contribution in [1.29, 1.82) is 0 Å². The highest BCUT2D eigenvalue weighted by atomic mass is 19.4. The van der Waals surface area contributed by atoms with E-state index in [-0.39, 0.29) is 17.9 Å². The summed E-state index contributed by atoms with van der Waals surface area (Å²) in [4.78, 5) is 16.4. The highest BCUT2D eigenvalue weighted by Gasteiger charge is 2.31. The maximum absolute atomic E-state index is 13.1. The molecule has 0 saturated carbocycles. The van der Waals surface area contributed by atoms with Crippen LogP contribution >= 0.6 is 0 Å². The first-order chi connectivity index (χ1) is 12.8. The van der Waals surface area contributed by atoms with Crippen molar-refractivity contribution >= 4 is 5.97 Å². The number of carbonyl (C=O) groups is 1. The second kappa shape index (κ2) is 7.22. The highest BCUT2D eigenvalue weighted by Crippen LogP contribution is 2.32. The largest absolute Gasteiger partial charge is 0.462 e. The Morgan fingerprint density at radius 3 is 2.52 bits per heavy atom. The summed E-state index contributed by atoms with van der Waals surface area (Å²) < 4.78 is 45.6. The van der Waals surface area contributed by atoms with Gasteiger partial charge in [-0.05, 0) is 44.2 Å². The fraction of sp³-hybridized carbons (Fsp3) is 0.211. The predicted octanol–water partition coefficient (Wildman–Crippen LogP) is 4.44. The fourth-order valence-corrected chi connectivity index (χ4v) is 2.73. The number of rotatable bonds is 4. The molecule has 0 N–H and O–H groups in total. The number of hydrogen-bond acceptors (Lipinski definition) is 4. The van der Waals surface area contributed by atoms with E-state index in [0.29, 0.717) is 17.0 Å². The molecule has 0 saturated heterocycles. The Kier molecular flexibility index (Phi) is 4.98. The van der Waals surface area contributed by atoms with Crippen LogP contribution in [0.5, 0.6) is 0 Å². The molecule has 140 valence electrons. The Labute approximate surface area is 153 Å². The standard InChI is InChI=1S/C19H16F3N3O2/c1-3-27-18(26)16-12(2)25(24-17(16)13-7-9-23-10-8-13)15-6-4-5-14(11-15)19(20,21)22/h4-11H,3H2,1-2H3. The van der Waals surface area contributed by atoms with E-state index in [1.807, 2.05) is 0 Å². The zero-order chi connectivity index (χ0) is 19.6. The zero-order valence-electron chi connectivity index (χ0n) is 14.6. The Balaban J connectivity index is 2.20. The van der Waals surface area contributed by atoms with Crippen LogP contribution in [0.1, 0.15) is 28.5 Å². The highest BCUT2D eigenvalue weighted by molar-refractivity contribution is 5.97. The average Bonchev–Trinajstić information content (AvgIpc) is 2.99. The van der Waals surface area contributed by atoms with E-state index in [4.69, 9.17) is 4.74 Å². The van der Waals surface area contributed by atoms with Gasteiger partial charge >= 0.3 is 12.1 Å². The Morgan fingerprint density at radius 1 is 1.19 bits per heavy atom. The minimum absolute atomic E-state index is 0.169. The van der Waals surface area contributed by atoms with E-state index in [9.17, 15) is 18.0 Å². The van der Waals surface area contributed by atoms with Gasteiger partial charge in [-0.1, -0.05) is 6.07 Å². The third-order valence-corrected chi connectivity index (χ3v) is 3.97. The number of benzene rings is 1. The molecular weight excluding hydrogens is 359 g/mol. The van der Waals surface area contributed by atoms with Crippen LogP contribution in [0.3, 0.4) is 0 Å². The molecule has 0 unspecified atom stereocenters. The monoisotopic (exact) mass is 375 g/mol. The third-order valence-electron chi connectivity index (χ3n) is 3.97. The van der Waals surface area contributed by atoms with Crippen LogP contribution in [0.2, 0.25) is 0 Å². The summed E-state index contributed by atoms with van der Waals surface area (Å²) in [5.74, 6) is -0.583. The Morgan fingerprint density at radius 2 is 1.89 bits per heavy atom. The van der Waals surface area contributed by atoms with Crippen LogP contribution in [0.4, 0.5) is 13.2 Å². The van der Waals surface area contributed by atoms with Gasteiger partial charge in [-0.15, -0.1) is 0 Å². The topological polar surface area (TPSA) is 57.0 Å². The molecule has 8 heteroatoms. The molecule has 27 heavy (non-hydrogen) atoms. The Hall–Kier alpha value is -3.16. The van der Waals surface area contributed by atoms with Crippen LogP contribution in [0, 0.1) is 6.92 Å². The molecule has 0 aliphatic rings. The van der Waals surface area contributed by atoms with Gasteiger partial charge in [-0.2, -0.15) is 18.3 Å². The van der Waals surface area contributed by atoms with E-state index in [1.54, 1.807) is 38.4 Å². The van der Waals surface area contributed by atoms with E-state index < -0.39 is 17.7 Å². The molecule has 2 heterocycles. The van der Waals surface area contributed by atoms with E-state index >= 15 is 0 Å². The molecule has 0 spiro atoms. The second-order valence-corrected chi connectivity index (χ2v) is 5.73. The summed E-state index contributed by atoms with van der Waals surface area (Å²) in [5.41, 5.74) is 0.943. The quantitative estimate of drug-likeness (QED) is 0.633. The number of halogens is 3. The number of hydrogen-bond donors (Lipinski definition) is 0. The predicted molar refractivity (Wildman–Crippen MR) is 92.5 cm³/mol. The summed E-state index contributed by atoms with van der Waals surface area (Å²) in [6.45, 7) is 3.46. The lowest BCUT2D eigenvalue weighted by atomic mass is 10.1. The minimum Gasteiger partial charge on any atom is -0.462 e. The first-order valence-electron chi connectivity index (χ1n) is 8.17. The lowest BCUT2D eigenvalue weighted by molar-refractivity contribution is -0.137. The lowest BCUT2D eigenvalue weighted by Gasteiger charge is -2.10. The molecule has 0 aliphatic carbocycles. The van der Waals surface area contributed by atoms with Gasteiger partial charge in [0.05, 0.1) is 23.6 Å². The van der Waals surface area contributed by atoms with E-state index in [0.717, 1.165) is 12.1 Å². The molecule has 2 aromatic heterocycles. The van der Waals surface area contributed by atoms with Crippen LogP contribution in [-0.2, 0) is 10.9 Å². The summed E-state index contributed by atoms with van der Waals surface area (Å²) in [6, 6.07) is 8.11. The molecule has 3 rings (SSSR count). The van der Waals surface area contributed by atoms with Gasteiger partial charge in [0, 0.05) is 18.0 Å². The molecule has 0 amide bonds. The van der Waals surface area contributed by atoms with Crippen LogP contribution in [0.15, 0.2) is 48.8 Å². The lowest BCUT2D eigenvalue weighted by Crippen LogP contribution is -2.09. The Bertz CT molecular complexity index is 966. The smallest absolute Gasteiger partial charge is 0.416 e. The summed E-state index contributed by atoms with van der Waals surface area (Å²) in [6.07, 6.45) is -1.39. The van der Waals surface area contributed by atoms with Gasteiger partial charge in [-0.25, -0.2) is 9.48 Å². The number of nitrogens with zero attached hydrogens (tertiary/aromatic N) is 3. The van der Waals surface area contributed by atoms with Gasteiger partial charge in [0.2, 0.25) is 0 Å². The van der Waals surface area contributed by atoms with Gasteiger partial charge in [-0.3, -0.25) is 4.98 Å². The van der Waals surface area contributed by atoms with Crippen molar-refractivity contribution in [2.75, 3.05) is 6.61 Å². The maximum atomic E-state index is 13.1. The fourth-order valence-electron chi connectivity index (χ4n) is 2.73. The molecule has 0 bridgehead atoms. The molecule has 0 radical (unpaired) electrons. The summed E-state index contributed by atoms with van der Waals surface area (Å²) in [5, 5.41) is 4.40. The van der Waals surface area contributed by atoms with Gasteiger partial charge in [0.1, 0.15) is 11.3 Å². The zero-order valence-corrected chi connectivity index (χ0v) is 14.6. The first kappa shape index (κ1) is 18.6. The van der Waals surface area contributed by atoms with E-state index in [2.05, 4.69) is 10.1 Å². The third kappa shape index (κ3) is 3.69. The molecular formula is C19H16F3N3O2. The number of esters is 1. The molecule has 3 aromatic rings. The summed E-state index contributed by atoms with van der Waals surface area (Å²) >= 11 is 0. The number of ether oxygens (including phenoxy) is 1. The maximum Gasteiger partial charge on any atom is 0.416 e. The van der Waals surface area contributed by atoms with Crippen molar-refractivity contribution in [3.8, 4) is 16.9 Å². The molecule has 0 atom stereocenters. The van der Waals surface area contributed by atoms with Gasteiger partial charge < -0.3 is 4.74 Å². The minimum atomic E-state index is -4.48. The average molecular weight is 375 g/mol. The normalized spacial score (nSPS) is 11.4. The van der Waals surface area contributed by atoms with Gasteiger partial charge in [0.15, 0.2) is 0 Å². The summed E-state index contributed by atoms with van der Waals surface area (Å²) in [7, 11) is 0. The molecule has 1 aromatic carbocycles. The van der Waals surface area contributed by atoms with Crippen molar-refractivity contribution in [2.24, 2.45) is 0 Å². The van der Waals surface area contributed by atoms with Crippen molar-refractivity contribution in [1.82, 2.24) is 14.8 Å². The second-order valence-electron chi connectivity index (χ2n) is 5.73. The van der Waals surface area contributed by atoms with Crippen molar-refractivity contribution in [2.45, 2.75) is 20.0 Å². The number of alkyl halides is 3. The SMILES string of the molecule is CCOC(=O)c1c(-c2ccncc2)nn(-c2cccc(C(F)(F)F)c2)c1C. The van der Waals surface area contributed by atoms with Crippen molar-refractivity contribution in [3.63, 3.8) is 0 Å². The van der Waals surface area contributed by atoms with Crippen molar-refractivity contribution in [3.05, 3.63) is 65.6 Å². The van der Waals surface area contributed by atoms with Crippen LogP contribution in [0.25, 0.3) is 16.9 Å². The molecule has 5 nitrogen and oxygen atoms in total. The molecule has 0 fully saturated rings. The van der Waals surface area contributed by atoms with Gasteiger partial charge in [0.25, 0.3) is 0 Å². The number of carbonyl (C=O) groups excluding carboxylic acids is 1. The number of pyridine rings is 1. The molecule has 0 aliphatic heterocycles. The van der Waals surface area contributed by atoms with E-state index in [1.165, 1.54) is 16.8 Å². The number of aromatic nitrogens is 3. The van der Waals surface area contributed by atoms with Crippen LogP contribution < -0.4 is 0 Å². The van der Waals surface area contributed by atoms with Crippen LogP contribution in [-0.4, -0.2) is 27.3 Å².